The van der Waals surface area contributed by atoms with Crippen LogP contribution >= 0.6 is 21.6 Å². The Bertz CT molecular complexity index is 560. The highest BCUT2D eigenvalue weighted by Gasteiger charge is 2.30. The summed E-state index contributed by atoms with van der Waals surface area (Å²) in [7, 11) is 2.42. The lowest BCUT2D eigenvalue weighted by Crippen LogP contribution is -2.50. The van der Waals surface area contributed by atoms with Gasteiger partial charge in [-0.2, -0.15) is 0 Å². The number of carbonyl (C=O) groups is 3. The number of aliphatic hydroxyl groups excluding tert-OH is 6. The zero-order valence-electron chi connectivity index (χ0n) is 16.7. The summed E-state index contributed by atoms with van der Waals surface area (Å²) in [5.74, 6) is -2.18. The van der Waals surface area contributed by atoms with Gasteiger partial charge in [0, 0.05) is 24.5 Å². The molecule has 0 aliphatic rings. The van der Waals surface area contributed by atoms with Crippen molar-refractivity contribution in [2.24, 2.45) is 5.73 Å². The average molecular weight is 490 g/mol. The van der Waals surface area contributed by atoms with Crippen LogP contribution in [0.1, 0.15) is 12.8 Å². The first-order valence-electron chi connectivity index (χ1n) is 9.28. The molecule has 0 heterocycles. The lowest BCUT2D eigenvalue weighted by molar-refractivity contribution is -0.141. The third kappa shape index (κ3) is 12.4. The van der Waals surface area contributed by atoms with Gasteiger partial charge in [-0.25, -0.2) is 4.79 Å². The minimum Gasteiger partial charge on any atom is -0.480 e. The zero-order chi connectivity index (χ0) is 24.0. The van der Waals surface area contributed by atoms with Crippen LogP contribution in [0.3, 0.4) is 0 Å². The molecule has 182 valence electrons. The van der Waals surface area contributed by atoms with Crippen LogP contribution < -0.4 is 16.4 Å². The number of carboxylic acids is 1. The van der Waals surface area contributed by atoms with Gasteiger partial charge in [0.2, 0.25) is 11.8 Å². The number of carbonyl (C=O) groups excluding carboxylic acids is 2. The van der Waals surface area contributed by atoms with Crippen LogP contribution in [0, 0.1) is 0 Å². The quantitative estimate of drug-likeness (QED) is 0.0686. The molecule has 11 N–H and O–H groups in total. The molecule has 2 amide bonds. The number of hydrogen-bond acceptors (Lipinski definition) is 12. The summed E-state index contributed by atoms with van der Waals surface area (Å²) < 4.78 is 0. The van der Waals surface area contributed by atoms with Gasteiger partial charge in [0.25, 0.3) is 0 Å². The number of hydrogen-bond donors (Lipinski definition) is 10. The second-order valence-corrected chi connectivity index (χ2v) is 9.10. The van der Waals surface area contributed by atoms with E-state index in [9.17, 15) is 34.8 Å². The van der Waals surface area contributed by atoms with Gasteiger partial charge >= 0.3 is 5.97 Å². The van der Waals surface area contributed by atoms with E-state index in [1.165, 1.54) is 21.6 Å². The first-order chi connectivity index (χ1) is 14.5. The summed E-state index contributed by atoms with van der Waals surface area (Å²) in [4.78, 5) is 35.1. The van der Waals surface area contributed by atoms with E-state index in [1.54, 1.807) is 0 Å². The van der Waals surface area contributed by atoms with E-state index in [2.05, 4.69) is 10.6 Å². The zero-order valence-corrected chi connectivity index (χ0v) is 18.3. The Hall–Kier alpha value is -1.17. The van der Waals surface area contributed by atoms with E-state index < -0.39 is 67.4 Å². The standard InChI is InChI=1S/C16H31N3O10S2/c17-8(15(27)19-9(16(28)29)7-31-30-4-3-20)1-2-12(24)18-5-10(22)13(25)14(26)11(23)6-21/h8-11,13-14,20-23,25-26H,1-7,17H2,(H,18,24)(H,19,27)(H,28,29)/t8-,9+,10-,11+,13+,14+/m0/s1. The van der Waals surface area contributed by atoms with Gasteiger partial charge in [0.1, 0.15) is 24.4 Å². The molecule has 0 bridgehead atoms. The molecule has 0 aromatic heterocycles. The molecule has 0 aromatic rings. The number of amides is 2. The molecule has 6 atom stereocenters. The number of aliphatic carboxylic acids is 1. The van der Waals surface area contributed by atoms with Gasteiger partial charge in [-0.05, 0) is 6.42 Å². The molecule has 0 aliphatic carbocycles. The molecular weight excluding hydrogens is 458 g/mol. The van der Waals surface area contributed by atoms with Gasteiger partial charge in [-0.3, -0.25) is 9.59 Å². The Morgan fingerprint density at radius 3 is 2.13 bits per heavy atom. The van der Waals surface area contributed by atoms with Crippen LogP contribution in [0.15, 0.2) is 0 Å². The summed E-state index contributed by atoms with van der Waals surface area (Å²) >= 11 is 0. The van der Waals surface area contributed by atoms with E-state index in [-0.39, 0.29) is 25.2 Å². The largest absolute Gasteiger partial charge is 0.480 e. The van der Waals surface area contributed by atoms with Crippen molar-refractivity contribution in [1.29, 1.82) is 0 Å². The van der Waals surface area contributed by atoms with Crippen LogP contribution in [0.2, 0.25) is 0 Å². The van der Waals surface area contributed by atoms with Gasteiger partial charge < -0.3 is 52.1 Å². The Balaban J connectivity index is 4.35. The minimum absolute atomic E-state index is 0.0516. The highest BCUT2D eigenvalue weighted by atomic mass is 33.1. The Morgan fingerprint density at radius 1 is 0.968 bits per heavy atom. The van der Waals surface area contributed by atoms with Crippen LogP contribution in [-0.4, -0.2) is 121 Å². The van der Waals surface area contributed by atoms with E-state index >= 15 is 0 Å². The number of rotatable bonds is 17. The van der Waals surface area contributed by atoms with Crippen molar-refractivity contribution < 1.29 is 50.1 Å². The average Bonchev–Trinajstić information content (AvgIpc) is 2.75. The van der Waals surface area contributed by atoms with Crippen molar-refractivity contribution in [1.82, 2.24) is 10.6 Å². The second kappa shape index (κ2) is 16.5. The van der Waals surface area contributed by atoms with Crippen molar-refractivity contribution in [2.45, 2.75) is 49.3 Å². The fourth-order valence-electron chi connectivity index (χ4n) is 2.07. The topological polar surface area (TPSA) is 243 Å². The first-order valence-corrected chi connectivity index (χ1v) is 11.8. The predicted molar refractivity (Wildman–Crippen MR) is 113 cm³/mol. The Labute approximate surface area is 186 Å². The van der Waals surface area contributed by atoms with E-state index in [4.69, 9.17) is 21.1 Å². The van der Waals surface area contributed by atoms with Crippen LogP contribution in [0.25, 0.3) is 0 Å². The monoisotopic (exact) mass is 489 g/mol. The molecule has 0 saturated carbocycles. The third-order valence-corrected chi connectivity index (χ3v) is 6.35. The maximum atomic E-state index is 12.0. The summed E-state index contributed by atoms with van der Waals surface area (Å²) in [5, 5.41) is 69.2. The molecule has 15 heteroatoms. The van der Waals surface area contributed by atoms with Crippen molar-refractivity contribution in [3.8, 4) is 0 Å². The van der Waals surface area contributed by atoms with Gasteiger partial charge in [-0.15, -0.1) is 0 Å². The fraction of sp³-hybridized carbons (Fsp3) is 0.812. The normalized spacial score (nSPS) is 17.1. The summed E-state index contributed by atoms with van der Waals surface area (Å²) in [5.41, 5.74) is 5.68. The molecule has 31 heavy (non-hydrogen) atoms. The molecule has 0 spiro atoms. The maximum absolute atomic E-state index is 12.0. The SMILES string of the molecule is N[C@@H](CCC(=O)NC[C@H](O)[C@@H](O)[C@H](O)[C@H](O)CO)C(=O)N[C@H](CSSCCO)C(=O)O. The van der Waals surface area contributed by atoms with E-state index in [0.717, 1.165) is 0 Å². The molecule has 0 rings (SSSR count). The number of carboxylic acid groups (broad SMARTS) is 1. The number of nitrogens with two attached hydrogens (primary N) is 1. The Kier molecular flexibility index (Phi) is 15.8. The summed E-state index contributed by atoms with van der Waals surface area (Å²) in [6.07, 6.45) is -7.31. The van der Waals surface area contributed by atoms with Crippen LogP contribution in [0.5, 0.6) is 0 Å². The molecule has 13 nitrogen and oxygen atoms in total. The summed E-state index contributed by atoms with van der Waals surface area (Å²) in [6, 6.07) is -2.36. The molecule has 0 saturated heterocycles. The fourth-order valence-corrected chi connectivity index (χ4v) is 4.00. The van der Waals surface area contributed by atoms with Crippen molar-refractivity contribution >= 4 is 39.4 Å². The molecule has 0 fully saturated rings. The van der Waals surface area contributed by atoms with Crippen LogP contribution in [0.4, 0.5) is 0 Å². The predicted octanol–water partition coefficient (Wildman–Crippen LogP) is -4.41. The van der Waals surface area contributed by atoms with Gasteiger partial charge in [0.05, 0.1) is 25.4 Å². The number of aliphatic hydroxyl groups is 6. The molecular formula is C16H31N3O10S2. The van der Waals surface area contributed by atoms with E-state index in [1.807, 2.05) is 0 Å². The van der Waals surface area contributed by atoms with Gasteiger partial charge in [0.15, 0.2) is 0 Å². The first kappa shape index (κ1) is 29.8. The van der Waals surface area contributed by atoms with E-state index in [0.29, 0.717) is 5.75 Å². The second-order valence-electron chi connectivity index (χ2n) is 6.48. The smallest absolute Gasteiger partial charge is 0.327 e. The molecule has 0 radical (unpaired) electrons. The van der Waals surface area contributed by atoms with Gasteiger partial charge in [-0.1, -0.05) is 21.6 Å². The number of nitrogens with one attached hydrogen (secondary N) is 2. The lowest BCUT2D eigenvalue weighted by atomic mass is 10.0. The highest BCUT2D eigenvalue weighted by molar-refractivity contribution is 8.76. The van der Waals surface area contributed by atoms with Crippen LogP contribution in [-0.2, 0) is 14.4 Å². The molecule has 0 aliphatic heterocycles. The maximum Gasteiger partial charge on any atom is 0.327 e. The molecule has 0 unspecified atom stereocenters. The third-order valence-electron chi connectivity index (χ3n) is 3.96. The highest BCUT2D eigenvalue weighted by Crippen LogP contribution is 2.21. The lowest BCUT2D eigenvalue weighted by Gasteiger charge is -2.25. The molecule has 0 aromatic carbocycles. The minimum atomic E-state index is -1.82. The van der Waals surface area contributed by atoms with Crippen molar-refractivity contribution in [3.05, 3.63) is 0 Å². The Morgan fingerprint density at radius 2 is 1.58 bits per heavy atom. The summed E-state index contributed by atoms with van der Waals surface area (Å²) in [6.45, 7) is -1.36. The van der Waals surface area contributed by atoms with Crippen molar-refractivity contribution in [3.63, 3.8) is 0 Å². The van der Waals surface area contributed by atoms with Crippen molar-refractivity contribution in [2.75, 3.05) is 31.3 Å².